The predicted molar refractivity (Wildman–Crippen MR) is 85.2 cm³/mol. The largest absolute Gasteiger partial charge is 0.391 e. The zero-order valence-electron chi connectivity index (χ0n) is 13.9. The molecular weight excluding hydrogens is 280 g/mol. The molecule has 5 heteroatoms. The third-order valence-electron chi connectivity index (χ3n) is 4.79. The van der Waals surface area contributed by atoms with E-state index < -0.39 is 6.10 Å². The van der Waals surface area contributed by atoms with E-state index in [0.29, 0.717) is 25.3 Å². The molecule has 2 fully saturated rings. The van der Waals surface area contributed by atoms with Crippen molar-refractivity contribution in [2.45, 2.75) is 83.4 Å². The highest BCUT2D eigenvalue weighted by Crippen LogP contribution is 2.22. The number of rotatable bonds is 5. The Morgan fingerprint density at radius 1 is 1.27 bits per heavy atom. The van der Waals surface area contributed by atoms with Crippen molar-refractivity contribution in [2.75, 3.05) is 6.54 Å². The highest BCUT2D eigenvalue weighted by Gasteiger charge is 2.34. The molecule has 0 bridgehead atoms. The van der Waals surface area contributed by atoms with Crippen molar-refractivity contribution in [2.24, 2.45) is 5.92 Å². The average molecular weight is 310 g/mol. The van der Waals surface area contributed by atoms with Crippen molar-refractivity contribution in [3.63, 3.8) is 0 Å². The van der Waals surface area contributed by atoms with Crippen LogP contribution in [0.1, 0.15) is 65.2 Å². The van der Waals surface area contributed by atoms with E-state index >= 15 is 0 Å². The van der Waals surface area contributed by atoms with Crippen molar-refractivity contribution in [1.29, 1.82) is 0 Å². The Balaban J connectivity index is 2.03. The lowest BCUT2D eigenvalue weighted by Gasteiger charge is -2.36. The Morgan fingerprint density at radius 2 is 2.00 bits per heavy atom. The summed E-state index contributed by atoms with van der Waals surface area (Å²) in [5, 5.41) is 13.1. The number of nitrogens with zero attached hydrogens (tertiary/aromatic N) is 1. The molecule has 22 heavy (non-hydrogen) atoms. The van der Waals surface area contributed by atoms with E-state index in [1.807, 2.05) is 0 Å². The molecule has 0 spiro atoms. The lowest BCUT2D eigenvalue weighted by atomic mass is 9.91. The van der Waals surface area contributed by atoms with Gasteiger partial charge in [-0.1, -0.05) is 26.7 Å². The maximum atomic E-state index is 12.7. The van der Waals surface area contributed by atoms with Crippen molar-refractivity contribution in [1.82, 2.24) is 10.2 Å². The van der Waals surface area contributed by atoms with E-state index in [9.17, 15) is 14.7 Å². The molecule has 0 aromatic heterocycles. The van der Waals surface area contributed by atoms with Gasteiger partial charge in [-0.25, -0.2) is 0 Å². The number of likely N-dealkylation sites (tertiary alicyclic amines) is 1. The Kier molecular flexibility index (Phi) is 6.24. The summed E-state index contributed by atoms with van der Waals surface area (Å²) in [6.07, 6.45) is 6.32. The molecule has 2 N–H and O–H groups in total. The van der Waals surface area contributed by atoms with Crippen LogP contribution in [0.2, 0.25) is 0 Å². The molecule has 2 rings (SSSR count). The fraction of sp³-hybridized carbons (Fsp3) is 0.882. The van der Waals surface area contributed by atoms with Crippen LogP contribution in [0.4, 0.5) is 0 Å². The molecule has 1 saturated heterocycles. The molecular formula is C17H30N2O3. The second kappa shape index (κ2) is 7.95. The van der Waals surface area contributed by atoms with E-state index in [0.717, 1.165) is 38.5 Å². The fourth-order valence-corrected chi connectivity index (χ4v) is 3.54. The summed E-state index contributed by atoms with van der Waals surface area (Å²) < 4.78 is 0. The Labute approximate surface area is 133 Å². The molecule has 1 aliphatic heterocycles. The summed E-state index contributed by atoms with van der Waals surface area (Å²) >= 11 is 0. The van der Waals surface area contributed by atoms with Crippen LogP contribution in [0, 0.1) is 5.92 Å². The number of aliphatic hydroxyl groups is 1. The topological polar surface area (TPSA) is 69.6 Å². The van der Waals surface area contributed by atoms with Crippen LogP contribution in [0.5, 0.6) is 0 Å². The maximum absolute atomic E-state index is 12.7. The molecule has 0 radical (unpaired) electrons. The first-order valence-corrected chi connectivity index (χ1v) is 8.77. The van der Waals surface area contributed by atoms with E-state index in [1.165, 1.54) is 0 Å². The molecule has 2 amide bonds. The summed E-state index contributed by atoms with van der Waals surface area (Å²) in [5.41, 5.74) is 0. The smallest absolute Gasteiger partial charge is 0.243 e. The zero-order valence-corrected chi connectivity index (χ0v) is 13.9. The van der Waals surface area contributed by atoms with Gasteiger partial charge in [0, 0.05) is 13.0 Å². The minimum absolute atomic E-state index is 0.0881. The monoisotopic (exact) mass is 310 g/mol. The van der Waals surface area contributed by atoms with Gasteiger partial charge in [-0.05, 0) is 38.0 Å². The number of carbonyl (C=O) groups excluding carboxylic acids is 2. The average Bonchev–Trinajstić information content (AvgIpc) is 2.48. The van der Waals surface area contributed by atoms with Gasteiger partial charge >= 0.3 is 0 Å². The summed E-state index contributed by atoms with van der Waals surface area (Å²) in [7, 11) is 0. The first kappa shape index (κ1) is 17.3. The predicted octanol–water partition coefficient (Wildman–Crippen LogP) is 1.83. The minimum Gasteiger partial charge on any atom is -0.391 e. The number of hydrogen-bond donors (Lipinski definition) is 2. The van der Waals surface area contributed by atoms with Gasteiger partial charge in [0.25, 0.3) is 0 Å². The maximum Gasteiger partial charge on any atom is 0.243 e. The van der Waals surface area contributed by atoms with Crippen LogP contribution >= 0.6 is 0 Å². The van der Waals surface area contributed by atoms with Gasteiger partial charge in [0.15, 0.2) is 0 Å². The molecule has 0 aromatic rings. The highest BCUT2D eigenvalue weighted by molar-refractivity contribution is 5.88. The number of nitrogens with one attached hydrogen (secondary N) is 1. The fourth-order valence-electron chi connectivity index (χ4n) is 3.54. The number of hydrogen-bond acceptors (Lipinski definition) is 3. The van der Waals surface area contributed by atoms with E-state index in [2.05, 4.69) is 19.2 Å². The van der Waals surface area contributed by atoms with Crippen LogP contribution in [-0.2, 0) is 9.59 Å². The van der Waals surface area contributed by atoms with Gasteiger partial charge in [-0.3, -0.25) is 9.59 Å². The summed E-state index contributed by atoms with van der Waals surface area (Å²) in [6.45, 7) is 4.82. The quantitative estimate of drug-likeness (QED) is 0.814. The molecule has 126 valence electrons. The van der Waals surface area contributed by atoms with E-state index in [1.54, 1.807) is 4.90 Å². The normalized spacial score (nSPS) is 27.8. The van der Waals surface area contributed by atoms with Gasteiger partial charge in [-0.2, -0.15) is 0 Å². The molecule has 0 aromatic carbocycles. The number of piperidine rings is 1. The van der Waals surface area contributed by atoms with Crippen LogP contribution < -0.4 is 5.32 Å². The lowest BCUT2D eigenvalue weighted by molar-refractivity contribution is -0.143. The Hall–Kier alpha value is -1.10. The standard InChI is InChI=1S/C17H30N2O3/c1-12(2)11-14(19-10-6-5-9-16(19)21)17(22)18-13-7-3-4-8-15(13)20/h12-15,20H,3-11H2,1-2H3,(H,18,22). The van der Waals surface area contributed by atoms with E-state index in [4.69, 9.17) is 0 Å². The lowest BCUT2D eigenvalue weighted by Crippen LogP contribution is -2.55. The summed E-state index contributed by atoms with van der Waals surface area (Å²) in [5.74, 6) is 0.355. The summed E-state index contributed by atoms with van der Waals surface area (Å²) in [4.78, 5) is 26.7. The van der Waals surface area contributed by atoms with Crippen molar-refractivity contribution < 1.29 is 14.7 Å². The zero-order chi connectivity index (χ0) is 16.1. The third-order valence-corrected chi connectivity index (χ3v) is 4.79. The van der Waals surface area contributed by atoms with Crippen LogP contribution in [0.25, 0.3) is 0 Å². The second-order valence-electron chi connectivity index (χ2n) is 7.16. The molecule has 5 nitrogen and oxygen atoms in total. The number of carbonyl (C=O) groups is 2. The third kappa shape index (κ3) is 4.45. The Morgan fingerprint density at radius 3 is 2.64 bits per heavy atom. The molecule has 1 saturated carbocycles. The SMILES string of the molecule is CC(C)CC(C(=O)NC1CCCCC1O)N1CCCCC1=O. The number of amides is 2. The van der Waals surface area contributed by atoms with Crippen molar-refractivity contribution >= 4 is 11.8 Å². The first-order valence-electron chi connectivity index (χ1n) is 8.77. The van der Waals surface area contributed by atoms with Crippen molar-refractivity contribution in [3.05, 3.63) is 0 Å². The van der Waals surface area contributed by atoms with E-state index in [-0.39, 0.29) is 23.9 Å². The Bertz CT molecular complexity index is 397. The van der Waals surface area contributed by atoms with Gasteiger partial charge < -0.3 is 15.3 Å². The molecule has 1 aliphatic carbocycles. The molecule has 3 unspecified atom stereocenters. The van der Waals surface area contributed by atoms with Crippen LogP contribution in [0.3, 0.4) is 0 Å². The van der Waals surface area contributed by atoms with Crippen molar-refractivity contribution in [3.8, 4) is 0 Å². The minimum atomic E-state index is -0.450. The molecule has 1 heterocycles. The summed E-state index contributed by atoms with van der Waals surface area (Å²) in [6, 6.07) is -0.544. The second-order valence-corrected chi connectivity index (χ2v) is 7.16. The first-order chi connectivity index (χ1) is 10.5. The van der Waals surface area contributed by atoms with Gasteiger partial charge in [0.1, 0.15) is 6.04 Å². The highest BCUT2D eigenvalue weighted by atomic mass is 16.3. The van der Waals surface area contributed by atoms with Crippen LogP contribution in [0.15, 0.2) is 0 Å². The van der Waals surface area contributed by atoms with Gasteiger partial charge in [0.05, 0.1) is 12.1 Å². The molecule has 2 aliphatic rings. The van der Waals surface area contributed by atoms with Gasteiger partial charge in [0.2, 0.25) is 11.8 Å². The number of aliphatic hydroxyl groups excluding tert-OH is 1. The van der Waals surface area contributed by atoms with Crippen LogP contribution in [-0.4, -0.2) is 46.6 Å². The molecule has 3 atom stereocenters. The van der Waals surface area contributed by atoms with Gasteiger partial charge in [-0.15, -0.1) is 0 Å².